The minimum atomic E-state index is -3.82. The van der Waals surface area contributed by atoms with Gasteiger partial charge in [-0.25, -0.2) is 17.8 Å². The predicted octanol–water partition coefficient (Wildman–Crippen LogP) is 6.77. The standard InChI is InChI=1S/C26H20FN3O3S4/c1-16-24(23-13-12-22(36-23)21-3-2-14-34-21)28-26(29-25(16)31)35-15-17-4-8-19(9-5-17)30-37(32,33)20-10-6-18(27)7-11-20/h2-14,30H,15H2,1H3,(H,28,29,31). The average molecular weight is 570 g/mol. The van der Waals surface area contributed by atoms with Crippen LogP contribution in [0.25, 0.3) is 20.3 Å². The summed E-state index contributed by atoms with van der Waals surface area (Å²) < 4.78 is 40.6. The highest BCUT2D eigenvalue weighted by Gasteiger charge is 2.15. The van der Waals surface area contributed by atoms with Gasteiger partial charge in [-0.3, -0.25) is 9.52 Å². The lowest BCUT2D eigenvalue weighted by atomic mass is 10.2. The molecule has 5 aromatic rings. The van der Waals surface area contributed by atoms with E-state index in [-0.39, 0.29) is 10.5 Å². The molecule has 0 radical (unpaired) electrons. The van der Waals surface area contributed by atoms with E-state index in [0.29, 0.717) is 27.9 Å². The van der Waals surface area contributed by atoms with Crippen molar-refractivity contribution in [3.8, 4) is 20.3 Å². The van der Waals surface area contributed by atoms with Crippen LogP contribution in [0.2, 0.25) is 0 Å². The van der Waals surface area contributed by atoms with Crippen LogP contribution in [0.15, 0.2) is 93.0 Å². The van der Waals surface area contributed by atoms with Crippen molar-refractivity contribution in [2.24, 2.45) is 0 Å². The predicted molar refractivity (Wildman–Crippen MR) is 149 cm³/mol. The van der Waals surface area contributed by atoms with Gasteiger partial charge < -0.3 is 4.98 Å². The monoisotopic (exact) mass is 569 g/mol. The van der Waals surface area contributed by atoms with Gasteiger partial charge >= 0.3 is 0 Å². The highest BCUT2D eigenvalue weighted by molar-refractivity contribution is 7.98. The zero-order valence-electron chi connectivity index (χ0n) is 19.4. The van der Waals surface area contributed by atoms with E-state index in [0.717, 1.165) is 27.5 Å². The summed E-state index contributed by atoms with van der Waals surface area (Å²) in [6.45, 7) is 1.77. The highest BCUT2D eigenvalue weighted by atomic mass is 32.2. The maximum Gasteiger partial charge on any atom is 0.261 e. The molecule has 5 rings (SSSR count). The Bertz CT molecular complexity index is 1690. The summed E-state index contributed by atoms with van der Waals surface area (Å²) in [5, 5.41) is 2.55. The summed E-state index contributed by atoms with van der Waals surface area (Å²) in [5.74, 6) is 0.0252. The molecule has 0 aliphatic carbocycles. The molecule has 0 bridgehead atoms. The summed E-state index contributed by atoms with van der Waals surface area (Å²) in [4.78, 5) is 23.4. The number of nitrogens with one attached hydrogen (secondary N) is 2. The number of aromatic nitrogens is 2. The lowest BCUT2D eigenvalue weighted by Gasteiger charge is -2.09. The number of halogens is 1. The quantitative estimate of drug-likeness (QED) is 0.159. The number of nitrogens with zero attached hydrogens (tertiary/aromatic N) is 1. The number of thiophene rings is 2. The maximum atomic E-state index is 13.1. The molecule has 0 fully saturated rings. The third-order valence-electron chi connectivity index (χ3n) is 5.44. The van der Waals surface area contributed by atoms with Crippen molar-refractivity contribution in [3.05, 3.63) is 105 Å². The fourth-order valence-electron chi connectivity index (χ4n) is 3.48. The molecule has 2 aromatic carbocycles. The number of thioether (sulfide) groups is 1. The van der Waals surface area contributed by atoms with Crippen molar-refractivity contribution < 1.29 is 12.8 Å². The molecule has 11 heteroatoms. The Labute approximate surface area is 225 Å². The molecule has 3 aromatic heterocycles. The molecule has 6 nitrogen and oxygen atoms in total. The third kappa shape index (κ3) is 5.85. The number of H-pyrrole nitrogens is 1. The first-order valence-corrected chi connectivity index (χ1v) is 15.2. The van der Waals surface area contributed by atoms with Crippen LogP contribution in [0.4, 0.5) is 10.1 Å². The largest absolute Gasteiger partial charge is 0.301 e. The molecule has 0 saturated carbocycles. The number of aromatic amines is 1. The Kier molecular flexibility index (Phi) is 7.29. The second-order valence-electron chi connectivity index (χ2n) is 8.03. The van der Waals surface area contributed by atoms with Gasteiger partial charge in [0.2, 0.25) is 0 Å². The molecule has 0 atom stereocenters. The lowest BCUT2D eigenvalue weighted by Crippen LogP contribution is -2.13. The number of benzene rings is 2. The second-order valence-corrected chi connectivity index (χ2v) is 12.7. The molecule has 2 N–H and O–H groups in total. The van der Waals surface area contributed by atoms with E-state index in [2.05, 4.69) is 15.8 Å². The molecule has 0 spiro atoms. The van der Waals surface area contributed by atoms with Gasteiger partial charge in [0.15, 0.2) is 5.16 Å². The maximum absolute atomic E-state index is 13.1. The van der Waals surface area contributed by atoms with Gasteiger partial charge in [-0.15, -0.1) is 22.7 Å². The molecule has 37 heavy (non-hydrogen) atoms. The van der Waals surface area contributed by atoms with E-state index >= 15 is 0 Å². The Hall–Kier alpha value is -3.25. The van der Waals surface area contributed by atoms with Gasteiger partial charge in [-0.1, -0.05) is 30.0 Å². The first-order valence-electron chi connectivity index (χ1n) is 11.0. The highest BCUT2D eigenvalue weighted by Crippen LogP contribution is 2.36. The molecule has 188 valence electrons. The molecule has 0 aliphatic rings. The fraction of sp³-hybridized carbons (Fsp3) is 0.0769. The van der Waals surface area contributed by atoms with Gasteiger partial charge in [0.25, 0.3) is 15.6 Å². The van der Waals surface area contributed by atoms with E-state index in [9.17, 15) is 17.6 Å². The van der Waals surface area contributed by atoms with Crippen LogP contribution < -0.4 is 10.3 Å². The van der Waals surface area contributed by atoms with Crippen molar-refractivity contribution in [1.29, 1.82) is 0 Å². The topological polar surface area (TPSA) is 91.9 Å². The Balaban J connectivity index is 1.28. The van der Waals surface area contributed by atoms with Crippen molar-refractivity contribution in [2.45, 2.75) is 22.7 Å². The summed E-state index contributed by atoms with van der Waals surface area (Å²) in [6, 6.07) is 19.7. The van der Waals surface area contributed by atoms with Crippen LogP contribution in [0.3, 0.4) is 0 Å². The summed E-state index contributed by atoms with van der Waals surface area (Å²) in [5.41, 5.74) is 2.38. The molecule has 0 aliphatic heterocycles. The van der Waals surface area contributed by atoms with Crippen LogP contribution in [-0.4, -0.2) is 18.4 Å². The van der Waals surface area contributed by atoms with Gasteiger partial charge in [-0.2, -0.15) is 0 Å². The van der Waals surface area contributed by atoms with Crippen LogP contribution in [0.5, 0.6) is 0 Å². The SMILES string of the molecule is Cc1c(-c2ccc(-c3cccs3)s2)nc(SCc2ccc(NS(=O)(=O)c3ccc(F)cc3)cc2)[nH]c1=O. The average Bonchev–Trinajstić information content (AvgIpc) is 3.58. The molecule has 0 saturated heterocycles. The first-order chi connectivity index (χ1) is 17.8. The van der Waals surface area contributed by atoms with Gasteiger partial charge in [-0.05, 0) is 72.5 Å². The number of anilines is 1. The van der Waals surface area contributed by atoms with Gasteiger partial charge in [0, 0.05) is 26.8 Å². The van der Waals surface area contributed by atoms with Crippen molar-refractivity contribution in [3.63, 3.8) is 0 Å². The third-order valence-corrected chi connectivity index (χ3v) is 9.94. The minimum Gasteiger partial charge on any atom is -0.301 e. The summed E-state index contributed by atoms with van der Waals surface area (Å²) >= 11 is 4.67. The Morgan fingerprint density at radius 3 is 2.41 bits per heavy atom. The van der Waals surface area contributed by atoms with E-state index in [1.807, 2.05) is 23.6 Å². The summed E-state index contributed by atoms with van der Waals surface area (Å²) in [6.07, 6.45) is 0. The lowest BCUT2D eigenvalue weighted by molar-refractivity contribution is 0.599. The fourth-order valence-corrected chi connectivity index (χ4v) is 7.25. The van der Waals surface area contributed by atoms with Crippen molar-refractivity contribution in [2.75, 3.05) is 4.72 Å². The Morgan fingerprint density at radius 1 is 0.973 bits per heavy atom. The Morgan fingerprint density at radius 2 is 1.70 bits per heavy atom. The normalized spacial score (nSPS) is 11.5. The zero-order chi connectivity index (χ0) is 26.0. The first kappa shape index (κ1) is 25.4. The molecule has 0 unspecified atom stereocenters. The van der Waals surface area contributed by atoms with Gasteiger partial charge in [0.05, 0.1) is 15.5 Å². The van der Waals surface area contributed by atoms with E-state index < -0.39 is 15.8 Å². The van der Waals surface area contributed by atoms with Crippen LogP contribution in [0.1, 0.15) is 11.1 Å². The van der Waals surface area contributed by atoms with Gasteiger partial charge in [0.1, 0.15) is 5.82 Å². The second kappa shape index (κ2) is 10.6. The number of sulfonamides is 1. The summed E-state index contributed by atoms with van der Waals surface area (Å²) in [7, 11) is -3.82. The molecule has 3 heterocycles. The van der Waals surface area contributed by atoms with E-state index in [1.165, 1.54) is 28.8 Å². The van der Waals surface area contributed by atoms with Crippen LogP contribution >= 0.6 is 34.4 Å². The van der Waals surface area contributed by atoms with Crippen molar-refractivity contribution >= 4 is 50.1 Å². The molecular weight excluding hydrogens is 550 g/mol. The molecule has 0 amide bonds. The smallest absolute Gasteiger partial charge is 0.261 e. The molecular formula is C26H20FN3O3S4. The van der Waals surface area contributed by atoms with Crippen LogP contribution in [0, 0.1) is 12.7 Å². The van der Waals surface area contributed by atoms with E-state index in [1.54, 1.807) is 53.9 Å². The van der Waals surface area contributed by atoms with E-state index in [4.69, 9.17) is 4.98 Å². The number of rotatable bonds is 8. The zero-order valence-corrected chi connectivity index (χ0v) is 22.7. The van der Waals surface area contributed by atoms with Crippen molar-refractivity contribution in [1.82, 2.24) is 9.97 Å². The number of hydrogen-bond donors (Lipinski definition) is 2. The van der Waals surface area contributed by atoms with Crippen LogP contribution in [-0.2, 0) is 15.8 Å². The number of hydrogen-bond acceptors (Lipinski definition) is 7. The minimum absolute atomic E-state index is 0.0213.